The highest BCUT2D eigenvalue weighted by Crippen LogP contribution is 2.35. The Hall–Kier alpha value is 0.940. The zero-order valence-electron chi connectivity index (χ0n) is 12.4. The van der Waals surface area contributed by atoms with Crippen LogP contribution < -0.4 is 0 Å². The molecule has 0 fully saturated rings. The molecule has 0 bridgehead atoms. The van der Waals surface area contributed by atoms with E-state index in [1.54, 1.807) is 18.3 Å². The van der Waals surface area contributed by atoms with Crippen molar-refractivity contribution in [2.45, 2.75) is 79.1 Å². The van der Waals surface area contributed by atoms with Crippen molar-refractivity contribution in [3.63, 3.8) is 0 Å². The normalized spacial score (nSPS) is 14.3. The Labute approximate surface area is 141 Å². The second-order valence-corrected chi connectivity index (χ2v) is 7.37. The summed E-state index contributed by atoms with van der Waals surface area (Å²) in [6.45, 7) is 9.16. The van der Waals surface area contributed by atoms with Crippen molar-refractivity contribution < 1.29 is 0 Å². The van der Waals surface area contributed by atoms with Gasteiger partial charge in [0.15, 0.2) is 0 Å². The number of allylic oxidation sites excluding steroid dienone is 4. The van der Waals surface area contributed by atoms with Crippen LogP contribution in [0.25, 0.3) is 0 Å². The molecule has 0 atom stereocenters. The molecule has 0 heterocycles. The monoisotopic (exact) mass is 474 g/mol. The first-order valence-electron chi connectivity index (χ1n) is 7.37. The van der Waals surface area contributed by atoms with E-state index in [0.717, 1.165) is 0 Å². The summed E-state index contributed by atoms with van der Waals surface area (Å²) in [4.78, 5) is 0. The van der Waals surface area contributed by atoms with Gasteiger partial charge in [0.1, 0.15) is 0 Å². The predicted molar refractivity (Wildman–Crippen MR) is 102 cm³/mol. The largest absolute Gasteiger partial charge is 0.0651 e. The van der Waals surface area contributed by atoms with Crippen LogP contribution in [-0.4, -0.2) is 0 Å². The molecule has 0 rings (SSSR count). The van der Waals surface area contributed by atoms with Crippen molar-refractivity contribution >= 4 is 45.2 Å². The lowest BCUT2D eigenvalue weighted by molar-refractivity contribution is 0.821. The quantitative estimate of drug-likeness (QED) is 0.239. The summed E-state index contributed by atoms with van der Waals surface area (Å²) < 4.78 is 3.20. The molecule has 0 radical (unpaired) electrons. The molecule has 0 saturated heterocycles. The van der Waals surface area contributed by atoms with E-state index in [9.17, 15) is 0 Å². The van der Waals surface area contributed by atoms with Gasteiger partial charge in [0.05, 0.1) is 0 Å². The van der Waals surface area contributed by atoms with Crippen molar-refractivity contribution in [3.05, 3.63) is 18.3 Å². The minimum absolute atomic E-state index is 1.25. The third-order valence-electron chi connectivity index (χ3n) is 2.96. The van der Waals surface area contributed by atoms with Gasteiger partial charge in [-0.3, -0.25) is 0 Å². The Morgan fingerprint density at radius 3 is 1.06 bits per heavy atom. The minimum Gasteiger partial charge on any atom is -0.0651 e. The molecule has 18 heavy (non-hydrogen) atoms. The lowest BCUT2D eigenvalue weighted by Crippen LogP contribution is -1.96. The maximum atomic E-state index is 2.59. The predicted octanol–water partition coefficient (Wildman–Crippen LogP) is 7.57. The van der Waals surface area contributed by atoms with E-state index >= 15 is 0 Å². The third-order valence-corrected chi connectivity index (χ3v) is 5.34. The molecular weight excluding hydrogens is 446 g/mol. The molecule has 2 heteroatoms. The summed E-state index contributed by atoms with van der Waals surface area (Å²) in [5, 5.41) is 0. The van der Waals surface area contributed by atoms with E-state index in [1.807, 2.05) is 0 Å². The van der Waals surface area contributed by atoms with Gasteiger partial charge in [-0.25, -0.2) is 0 Å². The lowest BCUT2D eigenvalue weighted by Gasteiger charge is -2.17. The van der Waals surface area contributed by atoms with Crippen LogP contribution in [0, 0.1) is 0 Å². The molecule has 0 N–H and O–H groups in total. The summed E-state index contributed by atoms with van der Waals surface area (Å²) in [6.07, 6.45) is 10.0. The van der Waals surface area contributed by atoms with Crippen LogP contribution in [0.3, 0.4) is 0 Å². The topological polar surface area (TPSA) is 0 Å². The first kappa shape index (κ1) is 18.9. The van der Waals surface area contributed by atoms with Crippen LogP contribution in [0.4, 0.5) is 0 Å². The molecule has 0 nitrogen and oxygen atoms in total. The van der Waals surface area contributed by atoms with Gasteiger partial charge in [0.2, 0.25) is 0 Å². The fraction of sp³-hybridized carbons (Fsp3) is 0.750. The van der Waals surface area contributed by atoms with E-state index in [2.05, 4.69) is 72.9 Å². The first-order chi connectivity index (χ1) is 8.62. The number of hydrogen-bond acceptors (Lipinski definition) is 0. The summed E-state index contributed by atoms with van der Waals surface area (Å²) in [5.74, 6) is 0. The van der Waals surface area contributed by atoms with Gasteiger partial charge in [0.25, 0.3) is 0 Å². The van der Waals surface area contributed by atoms with Crippen LogP contribution in [0.15, 0.2) is 18.3 Å². The van der Waals surface area contributed by atoms with Crippen molar-refractivity contribution in [1.29, 1.82) is 0 Å². The molecule has 0 spiro atoms. The molecule has 0 unspecified atom stereocenters. The molecule has 0 aromatic heterocycles. The zero-order valence-corrected chi connectivity index (χ0v) is 16.7. The highest BCUT2D eigenvalue weighted by atomic mass is 127. The molecule has 0 aliphatic carbocycles. The van der Waals surface area contributed by atoms with Gasteiger partial charge < -0.3 is 0 Å². The van der Waals surface area contributed by atoms with Crippen LogP contribution in [-0.2, 0) is 0 Å². The molecular formula is C16H28I2. The Balaban J connectivity index is 5.35. The molecule has 106 valence electrons. The van der Waals surface area contributed by atoms with Crippen LogP contribution in [0.5, 0.6) is 0 Å². The average molecular weight is 474 g/mol. The smallest absolute Gasteiger partial charge is 0.00591 e. The maximum absolute atomic E-state index is 2.59. The van der Waals surface area contributed by atoms with Gasteiger partial charge in [-0.1, -0.05) is 53.4 Å². The highest BCUT2D eigenvalue weighted by molar-refractivity contribution is 14.1. The van der Waals surface area contributed by atoms with Crippen molar-refractivity contribution in [2.24, 2.45) is 0 Å². The highest BCUT2D eigenvalue weighted by Gasteiger charge is 2.12. The summed E-state index contributed by atoms with van der Waals surface area (Å²) in [7, 11) is 0. The Bertz CT molecular complexity index is 257. The van der Waals surface area contributed by atoms with E-state index in [4.69, 9.17) is 0 Å². The van der Waals surface area contributed by atoms with Crippen LogP contribution in [0.2, 0.25) is 0 Å². The summed E-state index contributed by atoms with van der Waals surface area (Å²) in [5.41, 5.74) is 3.33. The van der Waals surface area contributed by atoms with Crippen molar-refractivity contribution in [1.82, 2.24) is 0 Å². The maximum Gasteiger partial charge on any atom is -0.00591 e. The lowest BCUT2D eigenvalue weighted by atomic mass is 9.95. The van der Waals surface area contributed by atoms with E-state index < -0.39 is 0 Å². The Morgan fingerprint density at radius 2 is 0.833 bits per heavy atom. The second-order valence-electron chi connectivity index (χ2n) is 4.77. The van der Waals surface area contributed by atoms with Gasteiger partial charge in [-0.15, -0.1) is 0 Å². The molecule has 0 aromatic rings. The number of hydrogen-bond donors (Lipinski definition) is 0. The van der Waals surface area contributed by atoms with Gasteiger partial charge in [-0.05, 0) is 89.2 Å². The minimum atomic E-state index is 1.25. The van der Waals surface area contributed by atoms with Gasteiger partial charge in [0, 0.05) is 0 Å². The number of rotatable bonds is 9. The van der Waals surface area contributed by atoms with Crippen molar-refractivity contribution in [3.8, 4) is 0 Å². The molecule has 0 aromatic carbocycles. The van der Waals surface area contributed by atoms with E-state index in [-0.39, 0.29) is 0 Å². The molecule has 0 aliphatic heterocycles. The zero-order chi connectivity index (χ0) is 14.0. The Morgan fingerprint density at radius 1 is 0.556 bits per heavy atom. The van der Waals surface area contributed by atoms with E-state index in [0.29, 0.717) is 0 Å². The van der Waals surface area contributed by atoms with Gasteiger partial charge >= 0.3 is 0 Å². The first-order valence-corrected chi connectivity index (χ1v) is 9.53. The van der Waals surface area contributed by atoms with Gasteiger partial charge in [-0.2, -0.15) is 0 Å². The fourth-order valence-electron chi connectivity index (χ4n) is 2.14. The molecule has 0 saturated carbocycles. The summed E-state index contributed by atoms with van der Waals surface area (Å²) >= 11 is 5.17. The Kier molecular flexibility index (Phi) is 12.4. The SMILES string of the molecule is CCCC(I)=C(CCC)C(CCC)=C(I)CCC. The third kappa shape index (κ3) is 6.92. The fourth-order valence-corrected chi connectivity index (χ4v) is 4.41. The van der Waals surface area contributed by atoms with E-state index in [1.165, 1.54) is 51.4 Å². The van der Waals surface area contributed by atoms with Crippen LogP contribution >= 0.6 is 45.2 Å². The second kappa shape index (κ2) is 11.7. The average Bonchev–Trinajstić information content (AvgIpc) is 2.34. The molecule has 0 aliphatic rings. The summed E-state index contributed by atoms with van der Waals surface area (Å²) in [6, 6.07) is 0. The number of halogens is 2. The van der Waals surface area contributed by atoms with Crippen LogP contribution in [0.1, 0.15) is 79.1 Å². The standard InChI is InChI=1S/C16H28I2/c1-5-9-13(15(17)11-7-3)14(10-6-2)16(18)12-8-4/h5-12H2,1-4H3. The molecule has 0 amide bonds. The van der Waals surface area contributed by atoms with Crippen molar-refractivity contribution in [2.75, 3.05) is 0 Å².